The minimum Gasteiger partial charge on any atom is -0.460 e. The first-order valence-electron chi connectivity index (χ1n) is 5.99. The maximum atomic E-state index is 11.8. The smallest absolute Gasteiger partial charge is 0.311 e. The zero-order valence-electron chi connectivity index (χ0n) is 10.6. The van der Waals surface area contributed by atoms with E-state index in [-0.39, 0.29) is 12.1 Å². The molecule has 1 aromatic rings. The van der Waals surface area contributed by atoms with Crippen molar-refractivity contribution in [2.45, 2.75) is 33.3 Å². The maximum Gasteiger partial charge on any atom is 0.311 e. The van der Waals surface area contributed by atoms with Gasteiger partial charge in [-0.25, -0.2) is 0 Å². The van der Waals surface area contributed by atoms with Crippen LogP contribution in [0.15, 0.2) is 24.3 Å². The number of hydrogen-bond donors (Lipinski definition) is 1. The van der Waals surface area contributed by atoms with Crippen molar-refractivity contribution in [2.75, 3.05) is 11.9 Å². The van der Waals surface area contributed by atoms with Crippen molar-refractivity contribution in [3.05, 3.63) is 29.8 Å². The molecule has 0 spiro atoms. The van der Waals surface area contributed by atoms with Gasteiger partial charge in [0.15, 0.2) is 0 Å². The number of carbonyl (C=O) groups is 1. The van der Waals surface area contributed by atoms with Gasteiger partial charge in [0.2, 0.25) is 0 Å². The average Bonchev–Trinajstić information content (AvgIpc) is 2.27. The Kier molecular flexibility index (Phi) is 3.09. The van der Waals surface area contributed by atoms with Gasteiger partial charge in [0, 0.05) is 12.1 Å². The van der Waals surface area contributed by atoms with E-state index >= 15 is 0 Å². The lowest BCUT2D eigenvalue weighted by Gasteiger charge is -2.28. The lowest BCUT2D eigenvalue weighted by atomic mass is 9.96. The number of rotatable bonds is 1. The molecular weight excluding hydrogens is 214 g/mol. The molecule has 1 aromatic carbocycles. The minimum atomic E-state index is -0.434. The van der Waals surface area contributed by atoms with Crippen LogP contribution in [0.5, 0.6) is 0 Å². The predicted molar refractivity (Wildman–Crippen MR) is 68.0 cm³/mol. The van der Waals surface area contributed by atoms with Crippen molar-refractivity contribution in [3.8, 4) is 0 Å². The third kappa shape index (κ3) is 2.78. The molecule has 3 nitrogen and oxygen atoms in total. The van der Waals surface area contributed by atoms with Gasteiger partial charge in [-0.05, 0) is 32.4 Å². The summed E-state index contributed by atoms with van der Waals surface area (Å²) in [6.45, 7) is 6.32. The van der Waals surface area contributed by atoms with E-state index < -0.39 is 5.41 Å². The Morgan fingerprint density at radius 3 is 2.76 bits per heavy atom. The van der Waals surface area contributed by atoms with Gasteiger partial charge in [-0.1, -0.05) is 18.2 Å². The standard InChI is InChI=1S/C14H19NO2/c1-14(2,3)13(16)17-11-8-10-6-4-5-7-12(10)15-9-11/h4-7,11,15H,8-9H2,1-3H3. The zero-order chi connectivity index (χ0) is 12.5. The molecule has 0 aromatic heterocycles. The molecule has 0 saturated carbocycles. The van der Waals surface area contributed by atoms with Crippen molar-refractivity contribution in [1.82, 2.24) is 0 Å². The van der Waals surface area contributed by atoms with E-state index in [1.807, 2.05) is 32.9 Å². The highest BCUT2D eigenvalue weighted by atomic mass is 16.5. The van der Waals surface area contributed by atoms with Crippen molar-refractivity contribution in [2.24, 2.45) is 5.41 Å². The van der Waals surface area contributed by atoms with Gasteiger partial charge in [-0.15, -0.1) is 0 Å². The van der Waals surface area contributed by atoms with Crippen LogP contribution in [0.2, 0.25) is 0 Å². The van der Waals surface area contributed by atoms with Gasteiger partial charge in [0.1, 0.15) is 6.10 Å². The number of hydrogen-bond acceptors (Lipinski definition) is 3. The Balaban J connectivity index is 2.01. The first-order valence-corrected chi connectivity index (χ1v) is 5.99. The summed E-state index contributed by atoms with van der Waals surface area (Å²) in [7, 11) is 0. The fourth-order valence-corrected chi connectivity index (χ4v) is 1.82. The molecule has 0 fully saturated rings. The summed E-state index contributed by atoms with van der Waals surface area (Å²) in [6, 6.07) is 8.14. The third-order valence-electron chi connectivity index (χ3n) is 2.87. The lowest BCUT2D eigenvalue weighted by molar-refractivity contribution is -0.158. The van der Waals surface area contributed by atoms with Crippen LogP contribution in [0.3, 0.4) is 0 Å². The summed E-state index contributed by atoms with van der Waals surface area (Å²) in [5.74, 6) is -0.135. The van der Waals surface area contributed by atoms with Crippen LogP contribution < -0.4 is 5.32 Å². The number of benzene rings is 1. The quantitative estimate of drug-likeness (QED) is 0.758. The molecule has 0 saturated heterocycles. The fraction of sp³-hybridized carbons (Fsp3) is 0.500. The molecule has 1 heterocycles. The molecule has 0 aliphatic carbocycles. The molecule has 1 N–H and O–H groups in total. The van der Waals surface area contributed by atoms with Gasteiger partial charge < -0.3 is 10.1 Å². The van der Waals surface area contributed by atoms with Crippen LogP contribution in [0, 0.1) is 5.41 Å². The SMILES string of the molecule is CC(C)(C)C(=O)OC1CNc2ccccc2C1. The fourth-order valence-electron chi connectivity index (χ4n) is 1.82. The van der Waals surface area contributed by atoms with Gasteiger partial charge in [-0.3, -0.25) is 4.79 Å². The van der Waals surface area contributed by atoms with E-state index in [2.05, 4.69) is 17.4 Å². The topological polar surface area (TPSA) is 38.3 Å². The molecule has 92 valence electrons. The molecule has 0 amide bonds. The Hall–Kier alpha value is -1.51. The summed E-state index contributed by atoms with van der Waals surface area (Å²) in [5.41, 5.74) is 1.93. The van der Waals surface area contributed by atoms with Gasteiger partial charge >= 0.3 is 5.97 Å². The number of nitrogens with one attached hydrogen (secondary N) is 1. The number of esters is 1. The number of fused-ring (bicyclic) bond motifs is 1. The summed E-state index contributed by atoms with van der Waals surface area (Å²) >= 11 is 0. The van der Waals surface area contributed by atoms with E-state index in [1.165, 1.54) is 5.56 Å². The largest absolute Gasteiger partial charge is 0.460 e. The van der Waals surface area contributed by atoms with E-state index in [0.29, 0.717) is 6.54 Å². The molecular formula is C14H19NO2. The van der Waals surface area contributed by atoms with Crippen LogP contribution in [0.1, 0.15) is 26.3 Å². The van der Waals surface area contributed by atoms with Crippen LogP contribution >= 0.6 is 0 Å². The Labute approximate surface area is 102 Å². The van der Waals surface area contributed by atoms with Gasteiger partial charge in [0.25, 0.3) is 0 Å². The van der Waals surface area contributed by atoms with E-state index in [1.54, 1.807) is 0 Å². The number of anilines is 1. The second-order valence-corrected chi connectivity index (χ2v) is 5.52. The molecule has 3 heteroatoms. The molecule has 1 aliphatic heterocycles. The first-order chi connectivity index (χ1) is 7.97. The van der Waals surface area contributed by atoms with Crippen molar-refractivity contribution < 1.29 is 9.53 Å². The highest BCUT2D eigenvalue weighted by Crippen LogP contribution is 2.24. The van der Waals surface area contributed by atoms with E-state index in [9.17, 15) is 4.79 Å². The van der Waals surface area contributed by atoms with Gasteiger partial charge in [-0.2, -0.15) is 0 Å². The predicted octanol–water partition coefficient (Wildman–Crippen LogP) is 2.61. The number of para-hydroxylation sites is 1. The zero-order valence-corrected chi connectivity index (χ0v) is 10.6. The maximum absolute atomic E-state index is 11.8. The summed E-state index contributed by atoms with van der Waals surface area (Å²) < 4.78 is 5.51. The van der Waals surface area contributed by atoms with Crippen LogP contribution in [0.25, 0.3) is 0 Å². The monoisotopic (exact) mass is 233 g/mol. The molecule has 1 unspecified atom stereocenters. The Morgan fingerprint density at radius 2 is 2.06 bits per heavy atom. The highest BCUT2D eigenvalue weighted by molar-refractivity contribution is 5.75. The van der Waals surface area contributed by atoms with Gasteiger partial charge in [0.05, 0.1) is 12.0 Å². The summed E-state index contributed by atoms with van der Waals surface area (Å²) in [4.78, 5) is 11.8. The third-order valence-corrected chi connectivity index (χ3v) is 2.87. The molecule has 17 heavy (non-hydrogen) atoms. The van der Waals surface area contributed by atoms with E-state index in [4.69, 9.17) is 4.74 Å². The first kappa shape index (κ1) is 12.0. The average molecular weight is 233 g/mol. The van der Waals surface area contributed by atoms with Crippen molar-refractivity contribution in [1.29, 1.82) is 0 Å². The molecule has 1 aliphatic rings. The molecule has 2 rings (SSSR count). The van der Waals surface area contributed by atoms with Crippen LogP contribution in [-0.4, -0.2) is 18.6 Å². The normalized spacial score (nSPS) is 19.1. The lowest BCUT2D eigenvalue weighted by Crippen LogP contribution is -2.36. The number of ether oxygens (including phenoxy) is 1. The Morgan fingerprint density at radius 1 is 1.35 bits per heavy atom. The number of carbonyl (C=O) groups excluding carboxylic acids is 1. The van der Waals surface area contributed by atoms with Crippen LogP contribution in [-0.2, 0) is 16.0 Å². The minimum absolute atomic E-state index is 0.0587. The van der Waals surface area contributed by atoms with E-state index in [0.717, 1.165) is 12.1 Å². The van der Waals surface area contributed by atoms with Crippen molar-refractivity contribution >= 4 is 11.7 Å². The highest BCUT2D eigenvalue weighted by Gasteiger charge is 2.28. The van der Waals surface area contributed by atoms with Crippen molar-refractivity contribution in [3.63, 3.8) is 0 Å². The second kappa shape index (κ2) is 4.40. The molecule has 1 atom stereocenters. The molecule has 0 radical (unpaired) electrons. The second-order valence-electron chi connectivity index (χ2n) is 5.52. The summed E-state index contributed by atoms with van der Waals surface area (Å²) in [5, 5.41) is 3.29. The Bertz CT molecular complexity index is 420. The summed E-state index contributed by atoms with van der Waals surface area (Å²) in [6.07, 6.45) is 0.738. The van der Waals surface area contributed by atoms with Crippen LogP contribution in [0.4, 0.5) is 5.69 Å². The molecule has 0 bridgehead atoms.